The van der Waals surface area contributed by atoms with E-state index in [9.17, 15) is 9.59 Å². The maximum Gasteiger partial charge on any atom is 0.266 e. The van der Waals surface area contributed by atoms with Gasteiger partial charge < -0.3 is 5.32 Å². The van der Waals surface area contributed by atoms with Gasteiger partial charge in [0.1, 0.15) is 0 Å². The van der Waals surface area contributed by atoms with E-state index in [1.54, 1.807) is 36.4 Å². The van der Waals surface area contributed by atoms with Crippen molar-refractivity contribution in [2.45, 2.75) is 12.1 Å². The number of halogens is 3. The Balaban J connectivity index is 1.70. The molecule has 0 saturated carbocycles. The zero-order valence-corrected chi connectivity index (χ0v) is 21.5. The molecule has 0 spiro atoms. The molecule has 4 aromatic rings. The summed E-state index contributed by atoms with van der Waals surface area (Å²) >= 11 is 14.3. The Labute approximate surface area is 210 Å². The number of para-hydroxylation sites is 1. The van der Waals surface area contributed by atoms with Crippen LogP contribution in [0, 0.1) is 6.92 Å². The minimum Gasteiger partial charge on any atom is -0.324 e. The minimum atomic E-state index is -0.213. The van der Waals surface area contributed by atoms with Gasteiger partial charge in [0.05, 0.1) is 28.0 Å². The van der Waals surface area contributed by atoms with Crippen molar-refractivity contribution in [1.29, 1.82) is 0 Å². The summed E-state index contributed by atoms with van der Waals surface area (Å²) in [4.78, 5) is 30.7. The summed E-state index contributed by atoms with van der Waals surface area (Å²) in [5.41, 5.74) is 2.43. The first-order valence-corrected chi connectivity index (χ1v) is 12.4. The summed E-state index contributed by atoms with van der Waals surface area (Å²) < 4.78 is 3.19. The maximum atomic E-state index is 13.4. The lowest BCUT2D eigenvalue weighted by Gasteiger charge is -2.16. The molecule has 1 N–H and O–H groups in total. The van der Waals surface area contributed by atoms with E-state index in [4.69, 9.17) is 11.6 Å². The van der Waals surface area contributed by atoms with Crippen LogP contribution in [-0.4, -0.2) is 21.2 Å². The van der Waals surface area contributed by atoms with Gasteiger partial charge in [-0.15, -0.1) is 0 Å². The second-order valence-corrected chi connectivity index (χ2v) is 10.0. The maximum absolute atomic E-state index is 13.4. The lowest BCUT2D eigenvalue weighted by atomic mass is 10.2. The lowest BCUT2D eigenvalue weighted by Crippen LogP contribution is -2.23. The lowest BCUT2D eigenvalue weighted by molar-refractivity contribution is -0.113. The summed E-state index contributed by atoms with van der Waals surface area (Å²) in [6.07, 6.45) is 0. The van der Waals surface area contributed by atoms with Gasteiger partial charge in [0.2, 0.25) is 5.91 Å². The summed E-state index contributed by atoms with van der Waals surface area (Å²) in [6.45, 7) is 1.85. The molecule has 1 aromatic heterocycles. The molecule has 0 fully saturated rings. The molecule has 162 valence electrons. The molecule has 9 heteroatoms. The topological polar surface area (TPSA) is 64.0 Å². The number of carbonyl (C=O) groups is 1. The van der Waals surface area contributed by atoms with Crippen LogP contribution in [-0.2, 0) is 4.79 Å². The first-order chi connectivity index (χ1) is 15.3. The van der Waals surface area contributed by atoms with Crippen molar-refractivity contribution in [1.82, 2.24) is 9.55 Å². The van der Waals surface area contributed by atoms with Crippen LogP contribution < -0.4 is 10.9 Å². The Bertz CT molecular complexity index is 1410. The minimum absolute atomic E-state index is 0.0763. The van der Waals surface area contributed by atoms with Gasteiger partial charge in [0, 0.05) is 14.0 Å². The monoisotopic (exact) mass is 591 g/mol. The summed E-state index contributed by atoms with van der Waals surface area (Å²) in [7, 11) is 0. The van der Waals surface area contributed by atoms with Crippen molar-refractivity contribution in [2.75, 3.05) is 11.1 Å². The summed E-state index contributed by atoms with van der Waals surface area (Å²) in [5, 5.41) is 4.35. The van der Waals surface area contributed by atoms with E-state index in [0.29, 0.717) is 32.5 Å². The fourth-order valence-electron chi connectivity index (χ4n) is 3.17. The first-order valence-electron chi connectivity index (χ1n) is 9.50. The molecule has 1 heterocycles. The zero-order valence-electron chi connectivity index (χ0n) is 16.7. The van der Waals surface area contributed by atoms with Crippen LogP contribution in [0.2, 0.25) is 5.02 Å². The Morgan fingerprint density at radius 3 is 2.69 bits per heavy atom. The first kappa shape index (κ1) is 23.0. The Hall–Kier alpha value is -2.13. The molecule has 3 aromatic carbocycles. The summed E-state index contributed by atoms with van der Waals surface area (Å²) in [5.74, 6) is -0.137. The molecule has 0 radical (unpaired) electrons. The molecule has 0 atom stereocenters. The number of carbonyl (C=O) groups excluding carboxylic acids is 1. The number of rotatable bonds is 5. The van der Waals surface area contributed by atoms with Gasteiger partial charge in [0.25, 0.3) is 5.56 Å². The van der Waals surface area contributed by atoms with E-state index in [1.807, 2.05) is 31.2 Å². The average molecular weight is 594 g/mol. The third-order valence-corrected chi connectivity index (χ3v) is 7.26. The molecular weight excluding hydrogens is 578 g/mol. The Kier molecular flexibility index (Phi) is 7.05. The quantitative estimate of drug-likeness (QED) is 0.209. The zero-order chi connectivity index (χ0) is 22.8. The normalized spacial score (nSPS) is 11.0. The van der Waals surface area contributed by atoms with Gasteiger partial charge in [-0.05, 0) is 70.9 Å². The number of amides is 1. The number of anilines is 1. The molecule has 0 bridgehead atoms. The Morgan fingerprint density at radius 2 is 1.91 bits per heavy atom. The predicted octanol–water partition coefficient (Wildman–Crippen LogP) is 6.60. The van der Waals surface area contributed by atoms with Crippen molar-refractivity contribution in [3.05, 3.63) is 90.5 Å². The van der Waals surface area contributed by atoms with E-state index in [-0.39, 0.29) is 17.2 Å². The summed E-state index contributed by atoms with van der Waals surface area (Å²) in [6, 6.07) is 18.0. The Morgan fingerprint density at radius 1 is 1.12 bits per heavy atom. The number of nitrogens with zero attached hydrogens (tertiary/aromatic N) is 2. The van der Waals surface area contributed by atoms with Crippen LogP contribution in [0.5, 0.6) is 0 Å². The molecular formula is C23H16Br2ClN3O2S. The van der Waals surface area contributed by atoms with Crippen LogP contribution in [0.25, 0.3) is 16.6 Å². The van der Waals surface area contributed by atoms with Crippen LogP contribution in [0.3, 0.4) is 0 Å². The highest BCUT2D eigenvalue weighted by atomic mass is 79.9. The number of nitrogens with one attached hydrogen (secondary N) is 1. The third kappa shape index (κ3) is 4.78. The number of thioether (sulfide) groups is 1. The highest BCUT2D eigenvalue weighted by Gasteiger charge is 2.17. The molecule has 0 saturated heterocycles. The van der Waals surface area contributed by atoms with Crippen molar-refractivity contribution in [2.24, 2.45) is 0 Å². The van der Waals surface area contributed by atoms with Gasteiger partial charge in [-0.25, -0.2) is 4.98 Å². The smallest absolute Gasteiger partial charge is 0.266 e. The van der Waals surface area contributed by atoms with E-state index in [0.717, 1.165) is 14.5 Å². The molecule has 1 amide bonds. The largest absolute Gasteiger partial charge is 0.324 e. The molecule has 32 heavy (non-hydrogen) atoms. The van der Waals surface area contributed by atoms with E-state index >= 15 is 0 Å². The number of fused-ring (bicyclic) bond motifs is 1. The third-order valence-electron chi connectivity index (χ3n) is 4.76. The van der Waals surface area contributed by atoms with Crippen molar-refractivity contribution >= 4 is 77.7 Å². The number of benzene rings is 3. The van der Waals surface area contributed by atoms with Crippen LogP contribution >= 0.6 is 55.2 Å². The van der Waals surface area contributed by atoms with Crippen LogP contribution in [0.4, 0.5) is 5.69 Å². The standard InChI is InChI=1S/C23H16Br2ClN3O2S/c1-13-17(26)6-4-8-20(13)29-22(31)15-5-2-3-7-18(15)28-23(29)32-12-21(30)27-19-10-9-14(24)11-16(19)25/h2-11H,12H2,1H3,(H,27,30). The van der Waals surface area contributed by atoms with E-state index < -0.39 is 0 Å². The molecule has 5 nitrogen and oxygen atoms in total. The van der Waals surface area contributed by atoms with E-state index in [1.165, 1.54) is 16.3 Å². The molecule has 4 rings (SSSR count). The molecule has 0 aliphatic carbocycles. The average Bonchev–Trinajstić information content (AvgIpc) is 2.77. The second kappa shape index (κ2) is 9.79. The highest BCUT2D eigenvalue weighted by Crippen LogP contribution is 2.28. The van der Waals surface area contributed by atoms with Gasteiger partial charge in [0.15, 0.2) is 5.16 Å². The van der Waals surface area contributed by atoms with Gasteiger partial charge in [-0.3, -0.25) is 14.2 Å². The number of hydrogen-bond donors (Lipinski definition) is 1. The van der Waals surface area contributed by atoms with Gasteiger partial charge >= 0.3 is 0 Å². The van der Waals surface area contributed by atoms with Crippen molar-refractivity contribution in [3.8, 4) is 5.69 Å². The fourth-order valence-corrected chi connectivity index (χ4v) is 5.29. The fraction of sp³-hybridized carbons (Fsp3) is 0.0870. The SMILES string of the molecule is Cc1c(Cl)cccc1-n1c(SCC(=O)Nc2ccc(Br)cc2Br)nc2ccccc2c1=O. The second-order valence-electron chi connectivity index (χ2n) is 6.90. The number of hydrogen-bond acceptors (Lipinski definition) is 4. The van der Waals surface area contributed by atoms with Crippen LogP contribution in [0.1, 0.15) is 5.56 Å². The molecule has 0 unspecified atom stereocenters. The highest BCUT2D eigenvalue weighted by molar-refractivity contribution is 9.11. The van der Waals surface area contributed by atoms with Gasteiger partial charge in [-0.1, -0.05) is 57.5 Å². The van der Waals surface area contributed by atoms with E-state index in [2.05, 4.69) is 42.2 Å². The van der Waals surface area contributed by atoms with Crippen molar-refractivity contribution < 1.29 is 4.79 Å². The van der Waals surface area contributed by atoms with Crippen LogP contribution in [0.15, 0.2) is 79.6 Å². The molecule has 0 aliphatic rings. The van der Waals surface area contributed by atoms with Crippen molar-refractivity contribution in [3.63, 3.8) is 0 Å². The molecule has 0 aliphatic heterocycles. The predicted molar refractivity (Wildman–Crippen MR) is 138 cm³/mol. The van der Waals surface area contributed by atoms with Gasteiger partial charge in [-0.2, -0.15) is 0 Å². The number of aromatic nitrogens is 2.